The van der Waals surface area contributed by atoms with Crippen molar-refractivity contribution >= 4 is 46.7 Å². The summed E-state index contributed by atoms with van der Waals surface area (Å²) in [4.78, 5) is 34.8. The zero-order chi connectivity index (χ0) is 16.0. The summed E-state index contributed by atoms with van der Waals surface area (Å²) in [7, 11) is 0. The fraction of sp³-hybridized carbons (Fsp3) is 0.545. The monoisotopic (exact) mass is 333 g/mol. The van der Waals surface area contributed by atoms with Crippen molar-refractivity contribution in [3.63, 3.8) is 0 Å². The van der Waals surface area contributed by atoms with Crippen molar-refractivity contribution in [1.82, 2.24) is 10.2 Å². The molecule has 1 rings (SSSR count). The van der Waals surface area contributed by atoms with E-state index < -0.39 is 36.5 Å². The van der Waals surface area contributed by atoms with E-state index in [-0.39, 0.29) is 23.9 Å². The van der Waals surface area contributed by atoms with E-state index in [0.29, 0.717) is 0 Å². The van der Waals surface area contributed by atoms with Gasteiger partial charge in [-0.25, -0.2) is 4.79 Å². The number of hydrogen-bond donors (Lipinski definition) is 2. The number of nitrogens with one attached hydrogen (secondary N) is 1. The minimum Gasteiger partial charge on any atom is -0.479 e. The summed E-state index contributed by atoms with van der Waals surface area (Å²) >= 11 is 10.6. The number of ether oxygens (including phenoxy) is 1. The predicted octanol–water partition coefficient (Wildman–Crippen LogP) is -0.737. The Labute approximate surface area is 130 Å². The Kier molecular flexibility index (Phi) is 6.33. The molecular formula is C11H12ClN3O5S. The van der Waals surface area contributed by atoms with Gasteiger partial charge in [-0.2, -0.15) is 5.26 Å². The van der Waals surface area contributed by atoms with Gasteiger partial charge in [0.15, 0.2) is 11.7 Å². The quantitative estimate of drug-likeness (QED) is 0.358. The Morgan fingerprint density at radius 1 is 1.57 bits per heavy atom. The topological polar surface area (TPSA) is 120 Å². The number of amides is 2. The molecule has 2 N–H and O–H groups in total. The van der Waals surface area contributed by atoms with Crippen molar-refractivity contribution in [2.24, 2.45) is 0 Å². The molecule has 114 valence electrons. The van der Waals surface area contributed by atoms with Crippen LogP contribution in [0.5, 0.6) is 0 Å². The van der Waals surface area contributed by atoms with Crippen molar-refractivity contribution < 1.29 is 24.2 Å². The van der Waals surface area contributed by atoms with Crippen molar-refractivity contribution in [3.05, 3.63) is 0 Å². The number of nitrogens with zero attached hydrogens (tertiary/aromatic N) is 2. The van der Waals surface area contributed by atoms with E-state index in [2.05, 4.69) is 5.32 Å². The lowest BCUT2D eigenvalue weighted by atomic mass is 9.96. The number of nitriles is 1. The largest absolute Gasteiger partial charge is 0.479 e. The van der Waals surface area contributed by atoms with Crippen LogP contribution in [0.3, 0.4) is 0 Å². The smallest absolute Gasteiger partial charge is 0.341 e. The second kappa shape index (κ2) is 7.75. The van der Waals surface area contributed by atoms with E-state index >= 15 is 0 Å². The lowest BCUT2D eigenvalue weighted by molar-refractivity contribution is -0.151. The minimum absolute atomic E-state index is 0.0531. The molecule has 0 aromatic carbocycles. The molecule has 1 aliphatic rings. The van der Waals surface area contributed by atoms with Gasteiger partial charge in [0, 0.05) is 5.88 Å². The molecule has 0 spiro atoms. The molecule has 0 unspecified atom stereocenters. The third-order valence-corrected chi connectivity index (χ3v) is 3.27. The zero-order valence-electron chi connectivity index (χ0n) is 10.7. The van der Waals surface area contributed by atoms with Crippen molar-refractivity contribution in [1.29, 1.82) is 5.26 Å². The van der Waals surface area contributed by atoms with Crippen LogP contribution in [0.4, 0.5) is 0 Å². The van der Waals surface area contributed by atoms with Crippen LogP contribution in [-0.4, -0.2) is 64.0 Å². The number of carboxylic acid groups (broad SMARTS) is 1. The molecule has 1 fully saturated rings. The van der Waals surface area contributed by atoms with Crippen LogP contribution >= 0.6 is 23.8 Å². The van der Waals surface area contributed by atoms with Crippen LogP contribution < -0.4 is 5.32 Å². The summed E-state index contributed by atoms with van der Waals surface area (Å²) < 4.78 is 4.77. The zero-order valence-corrected chi connectivity index (χ0v) is 12.3. The number of β-lactam (4-membered cyclic amide) rings is 1. The Balaban J connectivity index is 2.53. The highest BCUT2D eigenvalue weighted by Crippen LogP contribution is 2.21. The molecule has 1 heterocycles. The Hall–Kier alpha value is -1.92. The standard InChI is InChI=1S/C11H12ClN3O5S/c12-3-6-10(14-7(16)1-2-13)11(19)15(6)4-9(21)20-5-8(17)18/h6,10H,1,3-5H2,(H,14,16)(H,17,18)/t6-,10+/m0/s1. The summed E-state index contributed by atoms with van der Waals surface area (Å²) in [6.45, 7) is -0.668. The van der Waals surface area contributed by atoms with E-state index in [1.165, 1.54) is 4.90 Å². The summed E-state index contributed by atoms with van der Waals surface area (Å²) in [5.41, 5.74) is 0. The van der Waals surface area contributed by atoms with Gasteiger partial charge in [-0.1, -0.05) is 0 Å². The van der Waals surface area contributed by atoms with Crippen LogP contribution in [0.2, 0.25) is 0 Å². The van der Waals surface area contributed by atoms with Crippen molar-refractivity contribution in [2.45, 2.75) is 18.5 Å². The molecule has 0 radical (unpaired) electrons. The molecule has 1 aliphatic heterocycles. The molecule has 2 amide bonds. The Bertz CT molecular complexity index is 507. The summed E-state index contributed by atoms with van der Waals surface area (Å²) in [5.74, 6) is -2.09. The molecular weight excluding hydrogens is 322 g/mol. The number of carbonyl (C=O) groups is 3. The fourth-order valence-electron chi connectivity index (χ4n) is 1.75. The number of likely N-dealkylation sites (tertiary alicyclic amines) is 1. The van der Waals surface area contributed by atoms with Gasteiger partial charge in [-0.05, 0) is 12.2 Å². The first-order chi connectivity index (χ1) is 9.90. The fourth-order valence-corrected chi connectivity index (χ4v) is 2.30. The first-order valence-electron chi connectivity index (χ1n) is 5.80. The van der Waals surface area contributed by atoms with Gasteiger partial charge >= 0.3 is 5.97 Å². The van der Waals surface area contributed by atoms with Crippen molar-refractivity contribution in [2.75, 3.05) is 19.0 Å². The predicted molar refractivity (Wildman–Crippen MR) is 74.6 cm³/mol. The minimum atomic E-state index is -1.18. The highest BCUT2D eigenvalue weighted by atomic mass is 35.5. The summed E-state index contributed by atoms with van der Waals surface area (Å²) in [6, 6.07) is 0.394. The molecule has 0 aromatic rings. The number of thiocarbonyl (C=S) groups is 1. The number of rotatable bonds is 7. The number of alkyl halides is 1. The van der Waals surface area contributed by atoms with Gasteiger partial charge in [0.2, 0.25) is 11.8 Å². The third kappa shape index (κ3) is 4.54. The second-order valence-electron chi connectivity index (χ2n) is 4.12. The van der Waals surface area contributed by atoms with Gasteiger partial charge in [0.1, 0.15) is 12.5 Å². The maximum Gasteiger partial charge on any atom is 0.341 e. The van der Waals surface area contributed by atoms with E-state index in [4.69, 9.17) is 38.9 Å². The lowest BCUT2D eigenvalue weighted by Crippen LogP contribution is -2.72. The molecule has 2 atom stereocenters. The number of hydrogen-bond acceptors (Lipinski definition) is 6. The third-order valence-electron chi connectivity index (χ3n) is 2.70. The molecule has 0 bridgehead atoms. The molecule has 10 heteroatoms. The number of halogens is 1. The summed E-state index contributed by atoms with van der Waals surface area (Å²) in [5, 5.41) is 19.2. The normalized spacial score (nSPS) is 20.2. The van der Waals surface area contributed by atoms with Crippen LogP contribution in [-0.2, 0) is 19.1 Å². The lowest BCUT2D eigenvalue weighted by Gasteiger charge is -2.46. The number of carboxylic acids is 1. The van der Waals surface area contributed by atoms with Crippen LogP contribution in [0.15, 0.2) is 0 Å². The van der Waals surface area contributed by atoms with Gasteiger partial charge < -0.3 is 20.1 Å². The average molecular weight is 334 g/mol. The van der Waals surface area contributed by atoms with E-state index in [9.17, 15) is 14.4 Å². The summed E-state index contributed by atoms with van der Waals surface area (Å²) in [6.07, 6.45) is -0.348. The van der Waals surface area contributed by atoms with Gasteiger partial charge in [-0.3, -0.25) is 9.59 Å². The van der Waals surface area contributed by atoms with Gasteiger partial charge in [0.25, 0.3) is 0 Å². The molecule has 0 saturated carbocycles. The molecule has 1 saturated heterocycles. The number of aliphatic carboxylic acids is 1. The van der Waals surface area contributed by atoms with E-state index in [1.54, 1.807) is 6.07 Å². The van der Waals surface area contributed by atoms with Crippen molar-refractivity contribution in [3.8, 4) is 6.07 Å². The highest BCUT2D eigenvalue weighted by Gasteiger charge is 2.47. The van der Waals surface area contributed by atoms with E-state index in [1.807, 2.05) is 0 Å². The first-order valence-corrected chi connectivity index (χ1v) is 6.75. The van der Waals surface area contributed by atoms with Gasteiger partial charge in [0.05, 0.1) is 18.7 Å². The van der Waals surface area contributed by atoms with E-state index in [0.717, 1.165) is 0 Å². The molecule has 8 nitrogen and oxygen atoms in total. The first kappa shape index (κ1) is 17.1. The maximum absolute atomic E-state index is 11.9. The average Bonchev–Trinajstić information content (AvgIpc) is 2.43. The SMILES string of the molecule is N#CCC(=O)N[C@H]1C(=O)N(CC(=S)OCC(=O)O)[C@H]1CCl. The Morgan fingerprint density at radius 3 is 2.76 bits per heavy atom. The highest BCUT2D eigenvalue weighted by molar-refractivity contribution is 7.80. The number of carbonyl (C=O) groups excluding carboxylic acids is 2. The molecule has 21 heavy (non-hydrogen) atoms. The van der Waals surface area contributed by atoms with Gasteiger partial charge in [-0.15, -0.1) is 11.6 Å². The molecule has 0 aliphatic carbocycles. The van der Waals surface area contributed by atoms with Crippen LogP contribution in [0.1, 0.15) is 6.42 Å². The maximum atomic E-state index is 11.9. The van der Waals surface area contributed by atoms with Crippen LogP contribution in [0, 0.1) is 11.3 Å². The Morgan fingerprint density at radius 2 is 2.24 bits per heavy atom. The van der Waals surface area contributed by atoms with Crippen LogP contribution in [0.25, 0.3) is 0 Å². The second-order valence-corrected chi connectivity index (χ2v) is 4.89. The molecule has 0 aromatic heterocycles.